The molecule has 1 nitrogen and oxygen atoms in total. The molecule has 2 rings (SSSR count). The number of thiophene rings is 1. The van der Waals surface area contributed by atoms with Crippen LogP contribution in [0.3, 0.4) is 0 Å². The van der Waals surface area contributed by atoms with Crippen molar-refractivity contribution >= 4 is 22.9 Å². The Labute approximate surface area is 133 Å². The Hall–Kier alpha value is -0.0500. The van der Waals surface area contributed by atoms with Gasteiger partial charge in [-0.05, 0) is 62.6 Å². The van der Waals surface area contributed by atoms with E-state index in [9.17, 15) is 0 Å². The molecule has 0 aliphatic heterocycles. The van der Waals surface area contributed by atoms with Crippen LogP contribution >= 0.6 is 22.9 Å². The van der Waals surface area contributed by atoms with Crippen molar-refractivity contribution < 1.29 is 0 Å². The molecule has 0 aromatic carbocycles. The summed E-state index contributed by atoms with van der Waals surface area (Å²) in [6, 6.07) is 4.26. The molecule has 1 saturated carbocycles. The summed E-state index contributed by atoms with van der Waals surface area (Å²) in [6.45, 7) is 3.44. The highest BCUT2D eigenvalue weighted by Gasteiger charge is 2.35. The molecule has 1 heterocycles. The molecule has 0 spiro atoms. The SMILES string of the molecule is CCCCC1CCC(CNC)(Cc2ccc(Cl)s2)CC1. The van der Waals surface area contributed by atoms with Gasteiger partial charge in [-0.3, -0.25) is 0 Å². The number of hydrogen-bond acceptors (Lipinski definition) is 2. The Balaban J connectivity index is 1.94. The first kappa shape index (κ1) is 16.3. The third kappa shape index (κ3) is 4.47. The number of hydrogen-bond donors (Lipinski definition) is 1. The van der Waals surface area contributed by atoms with Gasteiger partial charge in [-0.25, -0.2) is 0 Å². The topological polar surface area (TPSA) is 12.0 Å². The zero-order valence-corrected chi connectivity index (χ0v) is 14.5. The van der Waals surface area contributed by atoms with E-state index in [1.807, 2.05) is 6.07 Å². The highest BCUT2D eigenvalue weighted by atomic mass is 35.5. The van der Waals surface area contributed by atoms with Crippen molar-refractivity contribution in [2.24, 2.45) is 11.3 Å². The summed E-state index contributed by atoms with van der Waals surface area (Å²) in [5, 5.41) is 3.43. The van der Waals surface area contributed by atoms with Gasteiger partial charge in [-0.15, -0.1) is 11.3 Å². The molecule has 1 aromatic heterocycles. The zero-order valence-electron chi connectivity index (χ0n) is 12.9. The Morgan fingerprint density at radius 2 is 2.10 bits per heavy atom. The molecule has 0 atom stereocenters. The van der Waals surface area contributed by atoms with Crippen LogP contribution < -0.4 is 5.32 Å². The fraction of sp³-hybridized carbons (Fsp3) is 0.765. The Bertz CT molecular complexity index is 393. The van der Waals surface area contributed by atoms with Crippen LogP contribution in [0, 0.1) is 11.3 Å². The van der Waals surface area contributed by atoms with Gasteiger partial charge in [0.15, 0.2) is 0 Å². The first-order chi connectivity index (χ1) is 9.67. The van der Waals surface area contributed by atoms with E-state index in [1.165, 1.54) is 56.2 Å². The minimum absolute atomic E-state index is 0.464. The standard InChI is InChI=1S/C17H28ClNS/c1-3-4-5-14-8-10-17(11-9-14,13-19-2)12-15-6-7-16(18)20-15/h6-7,14,19H,3-5,8-13H2,1-2H3. The second-order valence-corrected chi connectivity index (χ2v) is 8.30. The smallest absolute Gasteiger partial charge is 0.0931 e. The maximum Gasteiger partial charge on any atom is 0.0931 e. The summed E-state index contributed by atoms with van der Waals surface area (Å²) in [5.74, 6) is 0.979. The van der Waals surface area contributed by atoms with Crippen LogP contribution in [0.5, 0.6) is 0 Å². The Morgan fingerprint density at radius 3 is 2.65 bits per heavy atom. The van der Waals surface area contributed by atoms with Crippen LogP contribution in [-0.2, 0) is 6.42 Å². The van der Waals surface area contributed by atoms with Gasteiger partial charge < -0.3 is 5.32 Å². The Kier molecular flexibility index (Phi) is 6.38. The van der Waals surface area contributed by atoms with Crippen LogP contribution in [0.1, 0.15) is 56.7 Å². The molecule has 0 amide bonds. The van der Waals surface area contributed by atoms with Gasteiger partial charge in [-0.2, -0.15) is 0 Å². The van der Waals surface area contributed by atoms with Gasteiger partial charge in [0.1, 0.15) is 0 Å². The summed E-state index contributed by atoms with van der Waals surface area (Å²) >= 11 is 7.84. The van der Waals surface area contributed by atoms with Crippen LogP contribution in [0.2, 0.25) is 4.34 Å². The van der Waals surface area contributed by atoms with E-state index in [0.29, 0.717) is 5.41 Å². The predicted octanol–water partition coefficient (Wildman–Crippen LogP) is 5.53. The molecule has 0 radical (unpaired) electrons. The number of unbranched alkanes of at least 4 members (excludes halogenated alkanes) is 1. The van der Waals surface area contributed by atoms with E-state index >= 15 is 0 Å². The fourth-order valence-corrected chi connectivity index (χ4v) is 4.94. The zero-order chi connectivity index (χ0) is 14.4. The average Bonchev–Trinajstić information content (AvgIpc) is 2.84. The summed E-state index contributed by atoms with van der Waals surface area (Å²) in [7, 11) is 2.09. The van der Waals surface area contributed by atoms with Crippen LogP contribution in [0.4, 0.5) is 0 Å². The lowest BCUT2D eigenvalue weighted by atomic mass is 9.67. The molecule has 0 bridgehead atoms. The molecular weight excluding hydrogens is 286 g/mol. The van der Waals surface area contributed by atoms with Crippen molar-refractivity contribution in [3.05, 3.63) is 21.3 Å². The maximum atomic E-state index is 6.08. The van der Waals surface area contributed by atoms with E-state index in [1.54, 1.807) is 11.3 Å². The first-order valence-corrected chi connectivity index (χ1v) is 9.26. The molecule has 0 saturated heterocycles. The van der Waals surface area contributed by atoms with Gasteiger partial charge in [-0.1, -0.05) is 37.8 Å². The van der Waals surface area contributed by atoms with Gasteiger partial charge in [0, 0.05) is 11.4 Å². The number of nitrogens with one attached hydrogen (secondary N) is 1. The van der Waals surface area contributed by atoms with Crippen molar-refractivity contribution in [2.45, 2.75) is 58.3 Å². The normalized spacial score (nSPS) is 26.9. The summed E-state index contributed by atoms with van der Waals surface area (Å²) in [6.07, 6.45) is 11.0. The fourth-order valence-electron chi connectivity index (χ4n) is 3.68. The van der Waals surface area contributed by atoms with E-state index in [2.05, 4.69) is 25.4 Å². The second kappa shape index (κ2) is 7.82. The molecule has 1 fully saturated rings. The number of rotatable bonds is 7. The summed E-state index contributed by atoms with van der Waals surface area (Å²) < 4.78 is 0.927. The minimum atomic E-state index is 0.464. The molecule has 1 aliphatic rings. The van der Waals surface area contributed by atoms with Crippen LogP contribution in [0.15, 0.2) is 12.1 Å². The molecule has 20 heavy (non-hydrogen) atoms. The van der Waals surface area contributed by atoms with Gasteiger partial charge in [0.2, 0.25) is 0 Å². The molecule has 3 heteroatoms. The quantitative estimate of drug-likeness (QED) is 0.698. The van der Waals surface area contributed by atoms with Crippen molar-refractivity contribution in [3.63, 3.8) is 0 Å². The lowest BCUT2D eigenvalue weighted by Crippen LogP contribution is -2.38. The molecule has 114 valence electrons. The molecular formula is C17H28ClNS. The van der Waals surface area contributed by atoms with Crippen molar-refractivity contribution in [1.82, 2.24) is 5.32 Å². The van der Waals surface area contributed by atoms with Crippen molar-refractivity contribution in [2.75, 3.05) is 13.6 Å². The van der Waals surface area contributed by atoms with Crippen molar-refractivity contribution in [3.8, 4) is 0 Å². The number of halogens is 1. The monoisotopic (exact) mass is 313 g/mol. The van der Waals surface area contributed by atoms with E-state index < -0.39 is 0 Å². The second-order valence-electron chi connectivity index (χ2n) is 6.50. The van der Waals surface area contributed by atoms with Crippen molar-refractivity contribution in [1.29, 1.82) is 0 Å². The highest BCUT2D eigenvalue weighted by molar-refractivity contribution is 7.16. The summed E-state index contributed by atoms with van der Waals surface area (Å²) in [4.78, 5) is 1.46. The van der Waals surface area contributed by atoms with Crippen LogP contribution in [-0.4, -0.2) is 13.6 Å². The maximum absolute atomic E-state index is 6.08. The van der Waals surface area contributed by atoms with Crippen LogP contribution in [0.25, 0.3) is 0 Å². The van der Waals surface area contributed by atoms with Gasteiger partial charge >= 0.3 is 0 Å². The molecule has 0 unspecified atom stereocenters. The lowest BCUT2D eigenvalue weighted by molar-refractivity contribution is 0.142. The van der Waals surface area contributed by atoms with Gasteiger partial charge in [0.05, 0.1) is 4.34 Å². The third-order valence-corrected chi connectivity index (χ3v) is 6.09. The highest BCUT2D eigenvalue weighted by Crippen LogP contribution is 2.43. The van der Waals surface area contributed by atoms with E-state index in [4.69, 9.17) is 11.6 Å². The average molecular weight is 314 g/mol. The minimum Gasteiger partial charge on any atom is -0.319 e. The van der Waals surface area contributed by atoms with Gasteiger partial charge in [0.25, 0.3) is 0 Å². The summed E-state index contributed by atoms with van der Waals surface area (Å²) in [5.41, 5.74) is 0.464. The predicted molar refractivity (Wildman–Crippen MR) is 90.9 cm³/mol. The first-order valence-electron chi connectivity index (χ1n) is 8.06. The van der Waals surface area contributed by atoms with E-state index in [0.717, 1.165) is 16.8 Å². The molecule has 1 aromatic rings. The molecule has 1 aliphatic carbocycles. The van der Waals surface area contributed by atoms with E-state index in [-0.39, 0.29) is 0 Å². The Morgan fingerprint density at radius 1 is 1.35 bits per heavy atom. The largest absolute Gasteiger partial charge is 0.319 e. The lowest BCUT2D eigenvalue weighted by Gasteiger charge is -2.40. The third-order valence-electron chi connectivity index (χ3n) is 4.86. The molecule has 1 N–H and O–H groups in total.